The van der Waals surface area contributed by atoms with Gasteiger partial charge in [-0.05, 0) is 50.5 Å². The summed E-state index contributed by atoms with van der Waals surface area (Å²) in [6.45, 7) is 3.12. The molecule has 0 saturated heterocycles. The lowest BCUT2D eigenvalue weighted by Gasteiger charge is -2.12. The minimum atomic E-state index is 0.646. The van der Waals surface area contributed by atoms with Gasteiger partial charge in [-0.15, -0.1) is 0 Å². The fraction of sp³-hybridized carbons (Fsp3) is 0.471. The van der Waals surface area contributed by atoms with Gasteiger partial charge in [0.25, 0.3) is 0 Å². The minimum Gasteiger partial charge on any atom is -0.293 e. The lowest BCUT2D eigenvalue weighted by Crippen LogP contribution is -2.00. The summed E-state index contributed by atoms with van der Waals surface area (Å²) in [5.41, 5.74) is 2.79. The standard InChI is InChI=1S/C17H23N/c1-15-12-17(10-11-18-14-15)13-16-8-6-4-2-3-5-7-9-16/h2,4,6,8-9,12,14,17H,3,5,7,10-11,13H2,1H3/b4-2+,8-6-,16-9+. The molecule has 0 N–H and O–H groups in total. The van der Waals surface area contributed by atoms with Crippen molar-refractivity contribution < 1.29 is 0 Å². The van der Waals surface area contributed by atoms with E-state index in [1.165, 1.54) is 36.8 Å². The van der Waals surface area contributed by atoms with E-state index in [0.29, 0.717) is 5.92 Å². The normalized spacial score (nSPS) is 31.1. The number of allylic oxidation sites excluding steroid dienone is 8. The molecule has 0 bridgehead atoms. The van der Waals surface area contributed by atoms with E-state index in [4.69, 9.17) is 0 Å². The van der Waals surface area contributed by atoms with Crippen molar-refractivity contribution in [3.05, 3.63) is 47.6 Å². The predicted molar refractivity (Wildman–Crippen MR) is 80.1 cm³/mol. The molecule has 1 heteroatoms. The summed E-state index contributed by atoms with van der Waals surface area (Å²) in [7, 11) is 0. The average Bonchev–Trinajstić information content (AvgIpc) is 2.48. The van der Waals surface area contributed by atoms with Gasteiger partial charge in [-0.2, -0.15) is 0 Å². The molecule has 1 aliphatic heterocycles. The maximum atomic E-state index is 4.40. The second-order valence-electron chi connectivity index (χ2n) is 5.20. The van der Waals surface area contributed by atoms with Crippen LogP contribution in [0.15, 0.2) is 52.6 Å². The summed E-state index contributed by atoms with van der Waals surface area (Å²) in [4.78, 5) is 4.40. The second-order valence-corrected chi connectivity index (χ2v) is 5.20. The van der Waals surface area contributed by atoms with Gasteiger partial charge < -0.3 is 0 Å². The van der Waals surface area contributed by atoms with E-state index in [1.54, 1.807) is 0 Å². The number of rotatable bonds is 2. The first-order valence-electron chi connectivity index (χ1n) is 7.05. The summed E-state index contributed by atoms with van der Waals surface area (Å²) >= 11 is 0. The molecular weight excluding hydrogens is 218 g/mol. The molecule has 96 valence electrons. The van der Waals surface area contributed by atoms with Crippen LogP contribution in [0.2, 0.25) is 0 Å². The summed E-state index contributed by atoms with van der Waals surface area (Å²) in [5, 5.41) is 0. The lowest BCUT2D eigenvalue weighted by atomic mass is 9.93. The van der Waals surface area contributed by atoms with Gasteiger partial charge in [0, 0.05) is 12.8 Å². The smallest absolute Gasteiger partial charge is 0.0395 e. The van der Waals surface area contributed by atoms with Crippen LogP contribution in [0.3, 0.4) is 0 Å². The number of hydrogen-bond acceptors (Lipinski definition) is 1. The molecule has 0 aromatic carbocycles. The van der Waals surface area contributed by atoms with Crippen LogP contribution < -0.4 is 0 Å². The Hall–Kier alpha value is -1.37. The van der Waals surface area contributed by atoms with E-state index in [9.17, 15) is 0 Å². The molecule has 0 spiro atoms. The average molecular weight is 241 g/mol. The molecule has 0 fully saturated rings. The zero-order chi connectivity index (χ0) is 12.6. The van der Waals surface area contributed by atoms with Crippen molar-refractivity contribution >= 4 is 6.21 Å². The van der Waals surface area contributed by atoms with Gasteiger partial charge in [-0.25, -0.2) is 0 Å². The summed E-state index contributed by atoms with van der Waals surface area (Å²) in [5.74, 6) is 0.646. The highest BCUT2D eigenvalue weighted by atomic mass is 14.7. The van der Waals surface area contributed by atoms with Crippen LogP contribution in [0.25, 0.3) is 0 Å². The fourth-order valence-corrected chi connectivity index (χ4v) is 2.51. The van der Waals surface area contributed by atoms with Gasteiger partial charge in [0.15, 0.2) is 0 Å². The molecule has 2 rings (SSSR count). The summed E-state index contributed by atoms with van der Waals surface area (Å²) < 4.78 is 0. The van der Waals surface area contributed by atoms with Crippen molar-refractivity contribution in [3.63, 3.8) is 0 Å². The van der Waals surface area contributed by atoms with E-state index in [-0.39, 0.29) is 0 Å². The molecule has 18 heavy (non-hydrogen) atoms. The molecule has 0 amide bonds. The molecule has 2 aliphatic rings. The van der Waals surface area contributed by atoms with Gasteiger partial charge in [0.2, 0.25) is 0 Å². The van der Waals surface area contributed by atoms with Gasteiger partial charge in [-0.1, -0.05) is 42.0 Å². The second kappa shape index (κ2) is 7.15. The van der Waals surface area contributed by atoms with Crippen molar-refractivity contribution in [1.82, 2.24) is 0 Å². The first-order chi connectivity index (χ1) is 8.84. The summed E-state index contributed by atoms with van der Waals surface area (Å²) in [6.07, 6.45) is 21.7. The maximum Gasteiger partial charge on any atom is 0.0395 e. The SMILES string of the molecule is CC1=CC(CC2=C/CCC/C=C/C=C\2)CCN=C1. The van der Waals surface area contributed by atoms with Crippen molar-refractivity contribution in [3.8, 4) is 0 Å². The molecule has 1 unspecified atom stereocenters. The molecule has 1 atom stereocenters. The van der Waals surface area contributed by atoms with Crippen LogP contribution in [0, 0.1) is 5.92 Å². The first kappa shape index (κ1) is 13.1. The molecular formula is C17H23N. The van der Waals surface area contributed by atoms with E-state index in [1.807, 2.05) is 6.21 Å². The van der Waals surface area contributed by atoms with E-state index in [2.05, 4.69) is 48.4 Å². The quantitative estimate of drug-likeness (QED) is 0.668. The monoisotopic (exact) mass is 241 g/mol. The first-order valence-corrected chi connectivity index (χ1v) is 7.05. The van der Waals surface area contributed by atoms with E-state index >= 15 is 0 Å². The Bertz CT molecular complexity index is 407. The third-order valence-corrected chi connectivity index (χ3v) is 3.46. The number of nitrogens with zero attached hydrogens (tertiary/aromatic N) is 1. The third-order valence-electron chi connectivity index (χ3n) is 3.46. The van der Waals surface area contributed by atoms with Crippen LogP contribution in [-0.2, 0) is 0 Å². The van der Waals surface area contributed by atoms with Crippen molar-refractivity contribution in [2.45, 2.75) is 39.0 Å². The van der Waals surface area contributed by atoms with Gasteiger partial charge in [-0.3, -0.25) is 4.99 Å². The third kappa shape index (κ3) is 4.48. The van der Waals surface area contributed by atoms with Crippen LogP contribution >= 0.6 is 0 Å². The Morgan fingerprint density at radius 3 is 3.17 bits per heavy atom. The van der Waals surface area contributed by atoms with Crippen LogP contribution in [0.5, 0.6) is 0 Å². The molecule has 1 nitrogen and oxygen atoms in total. The van der Waals surface area contributed by atoms with Gasteiger partial charge in [0.1, 0.15) is 0 Å². The maximum absolute atomic E-state index is 4.40. The molecule has 1 heterocycles. The molecule has 0 aromatic heterocycles. The van der Waals surface area contributed by atoms with Gasteiger partial charge >= 0.3 is 0 Å². The van der Waals surface area contributed by atoms with Crippen LogP contribution in [0.4, 0.5) is 0 Å². The molecule has 0 radical (unpaired) electrons. The van der Waals surface area contributed by atoms with Crippen LogP contribution in [0.1, 0.15) is 39.0 Å². The van der Waals surface area contributed by atoms with E-state index in [0.717, 1.165) is 13.0 Å². The molecule has 1 aliphatic carbocycles. The van der Waals surface area contributed by atoms with Crippen LogP contribution in [-0.4, -0.2) is 12.8 Å². The van der Waals surface area contributed by atoms with Crippen molar-refractivity contribution in [2.75, 3.05) is 6.54 Å². The Labute approximate surface area is 111 Å². The van der Waals surface area contributed by atoms with Crippen molar-refractivity contribution in [1.29, 1.82) is 0 Å². The topological polar surface area (TPSA) is 12.4 Å². The fourth-order valence-electron chi connectivity index (χ4n) is 2.51. The Balaban J connectivity index is 2.00. The zero-order valence-electron chi connectivity index (χ0n) is 11.3. The van der Waals surface area contributed by atoms with Crippen molar-refractivity contribution in [2.24, 2.45) is 10.9 Å². The lowest BCUT2D eigenvalue weighted by molar-refractivity contribution is 0.601. The molecule has 0 saturated carbocycles. The Morgan fingerprint density at radius 2 is 2.22 bits per heavy atom. The Morgan fingerprint density at radius 1 is 1.28 bits per heavy atom. The zero-order valence-corrected chi connectivity index (χ0v) is 11.3. The van der Waals surface area contributed by atoms with E-state index < -0.39 is 0 Å². The largest absolute Gasteiger partial charge is 0.293 e. The predicted octanol–water partition coefficient (Wildman–Crippen LogP) is 4.64. The highest BCUT2D eigenvalue weighted by Crippen LogP contribution is 2.22. The number of hydrogen-bond donors (Lipinski definition) is 0. The number of aliphatic imine (C=N–C) groups is 1. The minimum absolute atomic E-state index is 0.646. The van der Waals surface area contributed by atoms with Gasteiger partial charge in [0.05, 0.1) is 0 Å². The Kier molecular flexibility index (Phi) is 5.19. The highest BCUT2D eigenvalue weighted by Gasteiger charge is 2.09. The molecule has 0 aromatic rings. The summed E-state index contributed by atoms with van der Waals surface area (Å²) in [6, 6.07) is 0. The highest BCUT2D eigenvalue weighted by molar-refractivity contribution is 5.77.